The van der Waals surface area contributed by atoms with Gasteiger partial charge >= 0.3 is 0 Å². The highest BCUT2D eigenvalue weighted by Crippen LogP contribution is 2.23. The van der Waals surface area contributed by atoms with Gasteiger partial charge < -0.3 is 10.5 Å². The average molecular weight is 269 g/mol. The second kappa shape index (κ2) is 6.24. The number of nitrogen functional groups attached to an aromatic ring is 1. The van der Waals surface area contributed by atoms with Gasteiger partial charge in [-0.3, -0.25) is 4.79 Å². The molecule has 0 aliphatic rings. The van der Waals surface area contributed by atoms with Crippen molar-refractivity contribution in [2.24, 2.45) is 0 Å². The molecule has 0 heterocycles. The van der Waals surface area contributed by atoms with Gasteiger partial charge in [0.2, 0.25) is 0 Å². The smallest absolute Gasteiger partial charge is 0.195 e. The Morgan fingerprint density at radius 1 is 1.20 bits per heavy atom. The van der Waals surface area contributed by atoms with Crippen LogP contribution in [0.15, 0.2) is 42.5 Å². The lowest BCUT2D eigenvalue weighted by atomic mass is 9.98. The molecule has 0 bridgehead atoms. The number of ketones is 1. The van der Waals surface area contributed by atoms with Gasteiger partial charge in [-0.05, 0) is 36.2 Å². The van der Waals surface area contributed by atoms with E-state index in [1.54, 1.807) is 25.3 Å². The molecule has 0 unspecified atom stereocenters. The molecule has 0 saturated heterocycles. The Balaban J connectivity index is 2.38. The quantitative estimate of drug-likeness (QED) is 0.668. The first-order chi connectivity index (χ1) is 9.65. The van der Waals surface area contributed by atoms with Crippen molar-refractivity contribution in [2.45, 2.75) is 19.8 Å². The summed E-state index contributed by atoms with van der Waals surface area (Å²) in [6.07, 6.45) is 2.02. The van der Waals surface area contributed by atoms with Crippen LogP contribution in [0.1, 0.15) is 34.8 Å². The Bertz CT molecular complexity index is 620. The van der Waals surface area contributed by atoms with Crippen LogP contribution in [-0.2, 0) is 6.42 Å². The highest BCUT2D eigenvalue weighted by atomic mass is 16.5. The van der Waals surface area contributed by atoms with Gasteiger partial charge in [0, 0.05) is 16.8 Å². The number of hydrogen-bond acceptors (Lipinski definition) is 3. The van der Waals surface area contributed by atoms with E-state index >= 15 is 0 Å². The topological polar surface area (TPSA) is 52.3 Å². The van der Waals surface area contributed by atoms with Crippen molar-refractivity contribution < 1.29 is 9.53 Å². The number of hydrogen-bond donors (Lipinski definition) is 1. The van der Waals surface area contributed by atoms with Crippen molar-refractivity contribution in [1.82, 2.24) is 0 Å². The summed E-state index contributed by atoms with van der Waals surface area (Å²) < 4.78 is 5.15. The standard InChI is InChI=1S/C17H19NO2/c1-3-5-12-6-4-7-13(10-12)17(19)15-11-14(20-2)8-9-16(15)18/h4,6-11H,3,5,18H2,1-2H3. The van der Waals surface area contributed by atoms with E-state index in [4.69, 9.17) is 10.5 Å². The van der Waals surface area contributed by atoms with Crippen LogP contribution in [0.25, 0.3) is 0 Å². The Kier molecular flexibility index (Phi) is 4.41. The number of methoxy groups -OCH3 is 1. The number of ether oxygens (including phenoxy) is 1. The first-order valence-corrected chi connectivity index (χ1v) is 6.73. The third-order valence-electron chi connectivity index (χ3n) is 3.23. The fourth-order valence-electron chi connectivity index (χ4n) is 2.17. The number of anilines is 1. The highest BCUT2D eigenvalue weighted by molar-refractivity contribution is 6.12. The monoisotopic (exact) mass is 269 g/mol. The number of nitrogens with two attached hydrogens (primary N) is 1. The maximum atomic E-state index is 12.6. The SMILES string of the molecule is CCCc1cccc(C(=O)c2cc(OC)ccc2N)c1. The van der Waals surface area contributed by atoms with Gasteiger partial charge in [0.25, 0.3) is 0 Å². The lowest BCUT2D eigenvalue weighted by Gasteiger charge is -2.08. The van der Waals surface area contributed by atoms with Crippen LogP contribution in [0.5, 0.6) is 5.75 Å². The zero-order valence-corrected chi connectivity index (χ0v) is 11.8. The minimum atomic E-state index is -0.0700. The van der Waals surface area contributed by atoms with E-state index in [0.717, 1.165) is 12.8 Å². The zero-order chi connectivity index (χ0) is 14.5. The molecule has 0 fully saturated rings. The largest absolute Gasteiger partial charge is 0.497 e. The third-order valence-corrected chi connectivity index (χ3v) is 3.23. The lowest BCUT2D eigenvalue weighted by molar-refractivity contribution is 0.103. The fraction of sp³-hybridized carbons (Fsp3) is 0.235. The van der Waals surface area contributed by atoms with E-state index in [1.807, 2.05) is 24.3 Å². The minimum absolute atomic E-state index is 0.0700. The molecule has 0 saturated carbocycles. The van der Waals surface area contributed by atoms with E-state index in [2.05, 4.69) is 6.92 Å². The number of aryl methyl sites for hydroxylation is 1. The minimum Gasteiger partial charge on any atom is -0.497 e. The molecule has 0 spiro atoms. The van der Waals surface area contributed by atoms with Crippen molar-refractivity contribution in [3.05, 3.63) is 59.2 Å². The molecule has 3 heteroatoms. The van der Waals surface area contributed by atoms with Crippen LogP contribution >= 0.6 is 0 Å². The van der Waals surface area contributed by atoms with Gasteiger partial charge in [-0.25, -0.2) is 0 Å². The summed E-state index contributed by atoms with van der Waals surface area (Å²) in [5, 5.41) is 0. The van der Waals surface area contributed by atoms with Crippen LogP contribution < -0.4 is 10.5 Å². The summed E-state index contributed by atoms with van der Waals surface area (Å²) in [6, 6.07) is 12.8. The summed E-state index contributed by atoms with van der Waals surface area (Å²) in [6.45, 7) is 2.12. The molecular formula is C17H19NO2. The van der Waals surface area contributed by atoms with Gasteiger partial charge in [-0.1, -0.05) is 31.5 Å². The molecule has 0 aliphatic carbocycles. The first-order valence-electron chi connectivity index (χ1n) is 6.73. The van der Waals surface area contributed by atoms with Crippen molar-refractivity contribution in [1.29, 1.82) is 0 Å². The molecule has 0 aliphatic heterocycles. The van der Waals surface area contributed by atoms with Crippen molar-refractivity contribution >= 4 is 11.5 Å². The van der Waals surface area contributed by atoms with E-state index in [1.165, 1.54) is 5.56 Å². The lowest BCUT2D eigenvalue weighted by Crippen LogP contribution is -2.06. The molecule has 2 aromatic carbocycles. The zero-order valence-electron chi connectivity index (χ0n) is 11.8. The van der Waals surface area contributed by atoms with Crippen molar-refractivity contribution in [3.63, 3.8) is 0 Å². The molecule has 0 amide bonds. The molecule has 2 aromatic rings. The van der Waals surface area contributed by atoms with Crippen molar-refractivity contribution in [2.75, 3.05) is 12.8 Å². The second-order valence-corrected chi connectivity index (χ2v) is 4.73. The molecule has 104 valence electrons. The normalized spacial score (nSPS) is 10.3. The van der Waals surface area contributed by atoms with Crippen molar-refractivity contribution in [3.8, 4) is 5.75 Å². The van der Waals surface area contributed by atoms with E-state index in [9.17, 15) is 4.79 Å². The fourth-order valence-corrected chi connectivity index (χ4v) is 2.17. The summed E-state index contributed by atoms with van der Waals surface area (Å²) in [5.74, 6) is 0.562. The number of benzene rings is 2. The van der Waals surface area contributed by atoms with Gasteiger partial charge in [0.15, 0.2) is 5.78 Å². The Morgan fingerprint density at radius 3 is 2.70 bits per heavy atom. The van der Waals surface area contributed by atoms with Crippen LogP contribution in [0.2, 0.25) is 0 Å². The molecule has 2 N–H and O–H groups in total. The van der Waals surface area contributed by atoms with E-state index in [0.29, 0.717) is 22.6 Å². The molecule has 0 aromatic heterocycles. The first kappa shape index (κ1) is 14.1. The molecule has 0 radical (unpaired) electrons. The number of rotatable bonds is 5. The summed E-state index contributed by atoms with van der Waals surface area (Å²) in [4.78, 5) is 12.6. The third kappa shape index (κ3) is 2.99. The second-order valence-electron chi connectivity index (χ2n) is 4.73. The predicted octanol–water partition coefficient (Wildman–Crippen LogP) is 3.46. The average Bonchev–Trinajstić information content (AvgIpc) is 2.48. The van der Waals surface area contributed by atoms with Crippen LogP contribution in [0.4, 0.5) is 5.69 Å². The Labute approximate surface area is 119 Å². The highest BCUT2D eigenvalue weighted by Gasteiger charge is 2.13. The summed E-state index contributed by atoms with van der Waals surface area (Å²) in [7, 11) is 1.57. The van der Waals surface area contributed by atoms with Crippen LogP contribution in [0.3, 0.4) is 0 Å². The molecular weight excluding hydrogens is 250 g/mol. The van der Waals surface area contributed by atoms with Gasteiger partial charge in [0.1, 0.15) is 5.75 Å². The predicted molar refractivity (Wildman–Crippen MR) is 81.3 cm³/mol. The summed E-state index contributed by atoms with van der Waals surface area (Å²) >= 11 is 0. The van der Waals surface area contributed by atoms with E-state index < -0.39 is 0 Å². The maximum Gasteiger partial charge on any atom is 0.195 e. The molecule has 2 rings (SSSR count). The van der Waals surface area contributed by atoms with Gasteiger partial charge in [-0.2, -0.15) is 0 Å². The Hall–Kier alpha value is -2.29. The van der Waals surface area contributed by atoms with E-state index in [-0.39, 0.29) is 5.78 Å². The number of carbonyl (C=O) groups is 1. The van der Waals surface area contributed by atoms with Crippen LogP contribution in [-0.4, -0.2) is 12.9 Å². The molecule has 3 nitrogen and oxygen atoms in total. The Morgan fingerprint density at radius 2 is 2.00 bits per heavy atom. The number of carbonyl (C=O) groups excluding carboxylic acids is 1. The van der Waals surface area contributed by atoms with Gasteiger partial charge in [-0.15, -0.1) is 0 Å². The molecule has 0 atom stereocenters. The maximum absolute atomic E-state index is 12.6. The molecule has 20 heavy (non-hydrogen) atoms. The van der Waals surface area contributed by atoms with Crippen LogP contribution in [0, 0.1) is 0 Å². The van der Waals surface area contributed by atoms with Gasteiger partial charge in [0.05, 0.1) is 7.11 Å². The summed E-state index contributed by atoms with van der Waals surface area (Å²) in [5.41, 5.74) is 8.69.